The Morgan fingerprint density at radius 2 is 1.09 bits per heavy atom. The molecule has 0 amide bonds. The average molecular weight is 157 g/mol. The smallest absolute Gasteiger partial charge is 0 e. The van der Waals surface area contributed by atoms with E-state index in [4.69, 9.17) is 0 Å². The second-order valence-corrected chi connectivity index (χ2v) is 2.15. The summed E-state index contributed by atoms with van der Waals surface area (Å²) in [6, 6.07) is 8.48. The Hall–Kier alpha value is -0.860. The third-order valence-corrected chi connectivity index (χ3v) is 1.22. The highest BCUT2D eigenvalue weighted by Crippen LogP contribution is 1.99. The first kappa shape index (κ1) is 12.8. The molecule has 0 aromatic heterocycles. The summed E-state index contributed by atoms with van der Waals surface area (Å²) in [4.78, 5) is 0. The Morgan fingerprint density at radius 1 is 0.909 bits per heavy atom. The van der Waals surface area contributed by atoms with E-state index in [2.05, 4.69) is 43.8 Å². The van der Waals surface area contributed by atoms with E-state index in [1.807, 2.05) is 0 Å². The Bertz CT molecular complexity index is 151. The van der Waals surface area contributed by atoms with Gasteiger partial charge in [0.25, 0.3) is 0 Å². The van der Waals surface area contributed by atoms with Crippen LogP contribution in [0.4, 0.5) is 0 Å². The largest absolute Gasteiger partial charge is 0.344 e. The van der Waals surface area contributed by atoms with Gasteiger partial charge in [-0.3, -0.25) is 0 Å². The maximum atomic E-state index is 4.50. The van der Waals surface area contributed by atoms with Gasteiger partial charge >= 0.3 is 0 Å². The van der Waals surface area contributed by atoms with E-state index in [-0.39, 0.29) is 7.58 Å². The SMILES string of the molecule is CN.Cc1ccc(C)cc1.N.[2HH]. The summed E-state index contributed by atoms with van der Waals surface area (Å²) in [6.45, 7) is 4.19. The van der Waals surface area contributed by atoms with Crippen LogP contribution >= 0.6 is 0 Å². The average Bonchev–Trinajstić information content (AvgIpc) is 2.00. The maximum absolute atomic E-state index is 4.50. The third-order valence-electron chi connectivity index (χ3n) is 1.22. The highest BCUT2D eigenvalue weighted by atomic mass is 14.4. The zero-order valence-corrected chi connectivity index (χ0v) is 7.59. The van der Waals surface area contributed by atoms with Crippen LogP contribution in [0.1, 0.15) is 12.6 Å². The molecule has 1 aromatic carbocycles. The quantitative estimate of drug-likeness (QED) is 0.607. The van der Waals surface area contributed by atoms with Gasteiger partial charge in [0.1, 0.15) is 0 Å². The van der Waals surface area contributed by atoms with Crippen LogP contribution in [0.2, 0.25) is 0 Å². The predicted molar refractivity (Wildman–Crippen MR) is 53.2 cm³/mol. The number of benzene rings is 1. The fraction of sp³-hybridized carbons (Fsp3) is 0.333. The van der Waals surface area contributed by atoms with Crippen molar-refractivity contribution in [2.45, 2.75) is 13.8 Å². The van der Waals surface area contributed by atoms with Crippen molar-refractivity contribution in [1.29, 1.82) is 0 Å². The Labute approximate surface area is 70.5 Å². The zero-order chi connectivity index (χ0) is 7.98. The molecule has 0 saturated heterocycles. The molecular weight excluding hydrogens is 136 g/mol. The summed E-state index contributed by atoms with van der Waals surface area (Å²) >= 11 is 0. The molecule has 0 aliphatic heterocycles. The number of nitrogens with two attached hydrogens (primary N) is 1. The summed E-state index contributed by atoms with van der Waals surface area (Å²) < 4.78 is 0. The zero-order valence-electron chi connectivity index (χ0n) is 7.59. The molecule has 11 heavy (non-hydrogen) atoms. The second kappa shape index (κ2) is 7.25. The van der Waals surface area contributed by atoms with E-state index >= 15 is 0 Å². The Morgan fingerprint density at radius 3 is 1.27 bits per heavy atom. The molecule has 1 aromatic rings. The van der Waals surface area contributed by atoms with Crippen LogP contribution in [0, 0.1) is 13.8 Å². The van der Waals surface area contributed by atoms with Crippen molar-refractivity contribution >= 4 is 0 Å². The third kappa shape index (κ3) is 5.58. The molecule has 1 rings (SSSR count). The van der Waals surface area contributed by atoms with E-state index < -0.39 is 0 Å². The van der Waals surface area contributed by atoms with Gasteiger partial charge in [-0.1, -0.05) is 35.4 Å². The Balaban J connectivity index is -0.000000189. The summed E-state index contributed by atoms with van der Waals surface area (Å²) in [7, 11) is 1.50. The monoisotopic (exact) mass is 157 g/mol. The lowest BCUT2D eigenvalue weighted by molar-refractivity contribution is 1.40. The lowest BCUT2D eigenvalue weighted by Crippen LogP contribution is -1.70. The van der Waals surface area contributed by atoms with Crippen LogP contribution in [0.25, 0.3) is 0 Å². The summed E-state index contributed by atoms with van der Waals surface area (Å²) in [6.07, 6.45) is 0. The van der Waals surface area contributed by atoms with Gasteiger partial charge in [-0.25, -0.2) is 0 Å². The van der Waals surface area contributed by atoms with E-state index in [9.17, 15) is 0 Å². The molecule has 2 nitrogen and oxygen atoms in total. The van der Waals surface area contributed by atoms with E-state index in [0.29, 0.717) is 0 Å². The van der Waals surface area contributed by atoms with Gasteiger partial charge in [-0.05, 0) is 20.9 Å². The van der Waals surface area contributed by atoms with Crippen LogP contribution in [0.15, 0.2) is 24.3 Å². The minimum absolute atomic E-state index is 0. The minimum Gasteiger partial charge on any atom is -0.344 e. The van der Waals surface area contributed by atoms with Crippen molar-refractivity contribution in [3.05, 3.63) is 35.4 Å². The van der Waals surface area contributed by atoms with E-state index in [0.717, 1.165) is 0 Å². The predicted octanol–water partition coefficient (Wildman–Crippen LogP) is 2.29. The van der Waals surface area contributed by atoms with Crippen molar-refractivity contribution < 1.29 is 1.43 Å². The van der Waals surface area contributed by atoms with Gasteiger partial charge in [0.15, 0.2) is 0 Å². The van der Waals surface area contributed by atoms with Gasteiger partial charge in [-0.2, -0.15) is 0 Å². The molecule has 0 saturated carbocycles. The van der Waals surface area contributed by atoms with Gasteiger partial charge in [0.05, 0.1) is 0 Å². The summed E-state index contributed by atoms with van der Waals surface area (Å²) in [5.41, 5.74) is 7.16. The lowest BCUT2D eigenvalue weighted by Gasteiger charge is -1.90. The molecule has 0 aliphatic carbocycles. The topological polar surface area (TPSA) is 61.0 Å². The first-order valence-corrected chi connectivity index (χ1v) is 3.40. The van der Waals surface area contributed by atoms with Gasteiger partial charge < -0.3 is 11.9 Å². The van der Waals surface area contributed by atoms with E-state index in [1.165, 1.54) is 18.2 Å². The minimum atomic E-state index is 0. The summed E-state index contributed by atoms with van der Waals surface area (Å²) in [5, 5.41) is 0. The van der Waals surface area contributed by atoms with Crippen LogP contribution < -0.4 is 11.9 Å². The highest BCUT2D eigenvalue weighted by molar-refractivity contribution is 5.19. The fourth-order valence-corrected chi connectivity index (χ4v) is 0.637. The molecule has 0 atom stereocenters. The first-order chi connectivity index (χ1) is 4.79. The molecule has 2 heteroatoms. The second-order valence-electron chi connectivity index (χ2n) is 2.15. The standard InChI is InChI=1S/C8H10.CH5N.H3N.H2/c1-7-3-5-8(2)6-4-7;1-2;;/h3-6H,1-2H3;2H2,1H3;1H3;1H/i;;;1+1. The molecule has 0 heterocycles. The van der Waals surface area contributed by atoms with Crippen LogP contribution in [-0.4, -0.2) is 7.05 Å². The van der Waals surface area contributed by atoms with Gasteiger partial charge in [0.2, 0.25) is 0 Å². The highest BCUT2D eigenvalue weighted by Gasteiger charge is 1.79. The molecule has 5 N–H and O–H groups in total. The van der Waals surface area contributed by atoms with Crippen molar-refractivity contribution in [2.75, 3.05) is 7.05 Å². The van der Waals surface area contributed by atoms with Crippen molar-refractivity contribution in [3.8, 4) is 0 Å². The maximum Gasteiger partial charge on any atom is 0 e. The molecule has 0 unspecified atom stereocenters. The van der Waals surface area contributed by atoms with Crippen LogP contribution in [-0.2, 0) is 0 Å². The van der Waals surface area contributed by atoms with E-state index in [1.54, 1.807) is 0 Å². The van der Waals surface area contributed by atoms with Crippen molar-refractivity contribution in [3.63, 3.8) is 0 Å². The molecular formula is C9H20N2. The fourth-order valence-electron chi connectivity index (χ4n) is 0.637. The molecule has 0 radical (unpaired) electrons. The van der Waals surface area contributed by atoms with Crippen LogP contribution in [0.5, 0.6) is 0 Å². The Kier molecular flexibility index (Phi) is 8.43. The van der Waals surface area contributed by atoms with Crippen molar-refractivity contribution in [1.82, 2.24) is 6.15 Å². The molecule has 66 valence electrons. The van der Waals surface area contributed by atoms with Crippen molar-refractivity contribution in [2.24, 2.45) is 5.73 Å². The number of hydrogen-bond acceptors (Lipinski definition) is 2. The van der Waals surface area contributed by atoms with Gasteiger partial charge in [0, 0.05) is 1.43 Å². The molecule has 0 bridgehead atoms. The molecule has 0 fully saturated rings. The number of hydrogen-bond donors (Lipinski definition) is 2. The number of rotatable bonds is 0. The number of aryl methyl sites for hydroxylation is 2. The molecule has 0 aliphatic rings. The van der Waals surface area contributed by atoms with Gasteiger partial charge in [-0.15, -0.1) is 0 Å². The summed E-state index contributed by atoms with van der Waals surface area (Å²) in [5.74, 6) is 0. The van der Waals surface area contributed by atoms with Crippen LogP contribution in [0.3, 0.4) is 0 Å². The first-order valence-electron chi connectivity index (χ1n) is 3.40. The lowest BCUT2D eigenvalue weighted by atomic mass is 10.2. The molecule has 0 spiro atoms. The normalized spacial score (nSPS) is 7.27.